The predicted molar refractivity (Wildman–Crippen MR) is 122 cm³/mol. The van der Waals surface area contributed by atoms with Crippen LogP contribution in [-0.4, -0.2) is 41.6 Å². The molecule has 0 unspecified atom stereocenters. The van der Waals surface area contributed by atoms with E-state index in [1.54, 1.807) is 30.0 Å². The van der Waals surface area contributed by atoms with Gasteiger partial charge in [-0.05, 0) is 36.5 Å². The number of rotatable bonds is 11. The molecule has 2 amide bonds. The highest BCUT2D eigenvalue weighted by Gasteiger charge is 2.25. The maximum atomic E-state index is 13.8. The first-order valence-electron chi connectivity index (χ1n) is 10.3. The molecule has 0 saturated carbocycles. The fraction of sp³-hybridized carbons (Fsp3) is 0.417. The summed E-state index contributed by atoms with van der Waals surface area (Å²) in [6.07, 6.45) is 0.673. The molecule has 0 aliphatic carbocycles. The minimum atomic E-state index is -0.561. The molecule has 2 aromatic rings. The molecule has 1 atom stereocenters. The van der Waals surface area contributed by atoms with Crippen molar-refractivity contribution >= 4 is 23.6 Å². The molecule has 0 heterocycles. The summed E-state index contributed by atoms with van der Waals surface area (Å²) in [5.74, 6) is 0.429. The van der Waals surface area contributed by atoms with E-state index in [0.717, 1.165) is 5.56 Å². The number of carbonyl (C=O) groups excluding carboxylic acids is 2. The third-order valence-electron chi connectivity index (χ3n) is 4.78. The summed E-state index contributed by atoms with van der Waals surface area (Å²) in [6, 6.07) is 15.9. The van der Waals surface area contributed by atoms with Gasteiger partial charge in [-0.2, -0.15) is 0 Å². The van der Waals surface area contributed by atoms with E-state index in [2.05, 4.69) is 5.32 Å². The standard InChI is InChI=1S/C24H31FN2O2S/c1-18(2)15-26-24(29)19(3)27(14-13-20-9-5-4-6-10-20)23(28)17-30-16-21-11-7-8-12-22(21)25/h4-12,18-19H,13-17H2,1-3H3,(H,26,29)/t19-/m1/s1. The van der Waals surface area contributed by atoms with Crippen molar-refractivity contribution < 1.29 is 14.0 Å². The van der Waals surface area contributed by atoms with Crippen LogP contribution in [0.4, 0.5) is 4.39 Å². The fourth-order valence-electron chi connectivity index (χ4n) is 2.97. The summed E-state index contributed by atoms with van der Waals surface area (Å²) >= 11 is 1.36. The van der Waals surface area contributed by atoms with Crippen LogP contribution in [0.5, 0.6) is 0 Å². The van der Waals surface area contributed by atoms with Crippen molar-refractivity contribution in [1.29, 1.82) is 0 Å². The molecule has 0 bridgehead atoms. The van der Waals surface area contributed by atoms with Gasteiger partial charge in [-0.1, -0.05) is 62.4 Å². The zero-order chi connectivity index (χ0) is 21.9. The average Bonchev–Trinajstić information content (AvgIpc) is 2.74. The van der Waals surface area contributed by atoms with Gasteiger partial charge in [0.2, 0.25) is 11.8 Å². The topological polar surface area (TPSA) is 49.4 Å². The first-order valence-corrected chi connectivity index (χ1v) is 11.5. The van der Waals surface area contributed by atoms with Gasteiger partial charge in [0.05, 0.1) is 5.75 Å². The van der Waals surface area contributed by atoms with Crippen molar-refractivity contribution in [2.45, 2.75) is 39.0 Å². The predicted octanol–water partition coefficient (Wildman–Crippen LogP) is 4.29. The summed E-state index contributed by atoms with van der Waals surface area (Å²) in [7, 11) is 0. The van der Waals surface area contributed by atoms with Crippen molar-refractivity contribution in [3.05, 3.63) is 71.5 Å². The van der Waals surface area contributed by atoms with Gasteiger partial charge in [0, 0.05) is 18.8 Å². The number of amides is 2. The summed E-state index contributed by atoms with van der Waals surface area (Å²) in [5, 5.41) is 2.92. The van der Waals surface area contributed by atoms with Crippen LogP contribution in [0.2, 0.25) is 0 Å². The summed E-state index contributed by atoms with van der Waals surface area (Å²) in [6.45, 7) is 6.86. The lowest BCUT2D eigenvalue weighted by atomic mass is 10.1. The largest absolute Gasteiger partial charge is 0.354 e. The van der Waals surface area contributed by atoms with Gasteiger partial charge in [-0.25, -0.2) is 4.39 Å². The summed E-state index contributed by atoms with van der Waals surface area (Å²) < 4.78 is 13.8. The molecule has 30 heavy (non-hydrogen) atoms. The zero-order valence-electron chi connectivity index (χ0n) is 17.9. The van der Waals surface area contributed by atoms with E-state index < -0.39 is 6.04 Å². The first kappa shape index (κ1) is 23.9. The van der Waals surface area contributed by atoms with E-state index in [1.807, 2.05) is 44.2 Å². The highest BCUT2D eigenvalue weighted by Crippen LogP contribution is 2.17. The normalized spacial score (nSPS) is 11.9. The van der Waals surface area contributed by atoms with Crippen LogP contribution in [0.1, 0.15) is 31.9 Å². The lowest BCUT2D eigenvalue weighted by molar-refractivity contribution is -0.138. The molecular formula is C24H31FN2O2S. The van der Waals surface area contributed by atoms with Crippen molar-refractivity contribution in [2.75, 3.05) is 18.8 Å². The Morgan fingerprint density at radius 1 is 1.03 bits per heavy atom. The minimum absolute atomic E-state index is 0.112. The van der Waals surface area contributed by atoms with E-state index in [0.29, 0.717) is 36.7 Å². The van der Waals surface area contributed by atoms with Gasteiger partial charge in [0.1, 0.15) is 11.9 Å². The molecule has 1 N–H and O–H groups in total. The van der Waals surface area contributed by atoms with Crippen molar-refractivity contribution in [3.63, 3.8) is 0 Å². The highest BCUT2D eigenvalue weighted by atomic mass is 32.2. The minimum Gasteiger partial charge on any atom is -0.354 e. The number of thioether (sulfide) groups is 1. The number of nitrogens with zero attached hydrogens (tertiary/aromatic N) is 1. The Morgan fingerprint density at radius 2 is 1.70 bits per heavy atom. The SMILES string of the molecule is CC(C)CNC(=O)[C@@H](C)N(CCc1ccccc1)C(=O)CSCc1ccccc1F. The number of hydrogen-bond donors (Lipinski definition) is 1. The van der Waals surface area contributed by atoms with E-state index in [1.165, 1.54) is 17.8 Å². The second-order valence-corrected chi connectivity index (χ2v) is 8.71. The Hall–Kier alpha value is -2.34. The average molecular weight is 431 g/mol. The number of hydrogen-bond acceptors (Lipinski definition) is 3. The second kappa shape index (κ2) is 12.4. The molecule has 6 heteroatoms. The molecule has 0 saturated heterocycles. The third kappa shape index (κ3) is 7.82. The third-order valence-corrected chi connectivity index (χ3v) is 5.74. The van der Waals surface area contributed by atoms with Gasteiger partial charge < -0.3 is 10.2 Å². The molecule has 162 valence electrons. The van der Waals surface area contributed by atoms with Crippen LogP contribution in [0.25, 0.3) is 0 Å². The molecule has 2 aromatic carbocycles. The van der Waals surface area contributed by atoms with Gasteiger partial charge in [-0.3, -0.25) is 9.59 Å². The molecule has 0 aliphatic heterocycles. The molecular weight excluding hydrogens is 399 g/mol. The van der Waals surface area contributed by atoms with Crippen LogP contribution >= 0.6 is 11.8 Å². The van der Waals surface area contributed by atoms with Crippen LogP contribution < -0.4 is 5.32 Å². The smallest absolute Gasteiger partial charge is 0.242 e. The Balaban J connectivity index is 1.99. The van der Waals surface area contributed by atoms with Gasteiger partial charge in [0.25, 0.3) is 0 Å². The molecule has 0 aliphatic rings. The fourth-order valence-corrected chi connectivity index (χ4v) is 3.87. The molecule has 0 fully saturated rings. The Kier molecular flexibility index (Phi) is 9.87. The van der Waals surface area contributed by atoms with E-state index in [4.69, 9.17) is 0 Å². The molecule has 4 nitrogen and oxygen atoms in total. The monoisotopic (exact) mass is 430 g/mol. The van der Waals surface area contributed by atoms with Crippen LogP contribution in [-0.2, 0) is 21.8 Å². The second-order valence-electron chi connectivity index (χ2n) is 7.72. The van der Waals surface area contributed by atoms with E-state index in [9.17, 15) is 14.0 Å². The quantitative estimate of drug-likeness (QED) is 0.579. The van der Waals surface area contributed by atoms with Gasteiger partial charge >= 0.3 is 0 Å². The molecule has 0 radical (unpaired) electrons. The number of halogens is 1. The van der Waals surface area contributed by atoms with E-state index >= 15 is 0 Å². The van der Waals surface area contributed by atoms with Gasteiger partial charge in [0.15, 0.2) is 0 Å². The first-order chi connectivity index (χ1) is 14.4. The number of nitrogens with one attached hydrogen (secondary N) is 1. The molecule has 0 aromatic heterocycles. The number of carbonyl (C=O) groups is 2. The Morgan fingerprint density at radius 3 is 2.37 bits per heavy atom. The summed E-state index contributed by atoms with van der Waals surface area (Å²) in [5.41, 5.74) is 1.69. The Labute approximate surface area is 183 Å². The van der Waals surface area contributed by atoms with Crippen molar-refractivity contribution in [1.82, 2.24) is 10.2 Å². The lowest BCUT2D eigenvalue weighted by Crippen LogP contribution is -2.50. The number of benzene rings is 2. The van der Waals surface area contributed by atoms with Crippen LogP contribution in [0.15, 0.2) is 54.6 Å². The van der Waals surface area contributed by atoms with Crippen LogP contribution in [0, 0.1) is 11.7 Å². The van der Waals surface area contributed by atoms with Crippen LogP contribution in [0.3, 0.4) is 0 Å². The van der Waals surface area contributed by atoms with Crippen molar-refractivity contribution in [3.8, 4) is 0 Å². The lowest BCUT2D eigenvalue weighted by Gasteiger charge is -2.29. The molecule has 2 rings (SSSR count). The molecule has 0 spiro atoms. The van der Waals surface area contributed by atoms with Gasteiger partial charge in [-0.15, -0.1) is 11.8 Å². The maximum Gasteiger partial charge on any atom is 0.242 e. The Bertz CT molecular complexity index is 814. The highest BCUT2D eigenvalue weighted by molar-refractivity contribution is 7.99. The van der Waals surface area contributed by atoms with E-state index in [-0.39, 0.29) is 23.4 Å². The maximum absolute atomic E-state index is 13.8. The summed E-state index contributed by atoms with van der Waals surface area (Å²) in [4.78, 5) is 27.2. The van der Waals surface area contributed by atoms with Crippen molar-refractivity contribution in [2.24, 2.45) is 5.92 Å². The zero-order valence-corrected chi connectivity index (χ0v) is 18.8.